The Morgan fingerprint density at radius 2 is 2.57 bits per heavy atom. The van der Waals surface area contributed by atoms with Crippen molar-refractivity contribution < 1.29 is 0 Å². The van der Waals surface area contributed by atoms with Crippen LogP contribution in [0.5, 0.6) is 0 Å². The van der Waals surface area contributed by atoms with Gasteiger partial charge in [-0.3, -0.25) is 0 Å². The standard InChI is InChI=1S/C3H4ClN3/c1-7-3(4)2-5-6-7/h2H,1H3. The van der Waals surface area contributed by atoms with Crippen LogP contribution >= 0.6 is 11.6 Å². The van der Waals surface area contributed by atoms with Crippen molar-refractivity contribution in [2.45, 2.75) is 0 Å². The van der Waals surface area contributed by atoms with E-state index >= 15 is 0 Å². The quantitative estimate of drug-likeness (QED) is 0.495. The van der Waals surface area contributed by atoms with Gasteiger partial charge in [0.1, 0.15) is 5.15 Å². The molecule has 1 heterocycles. The van der Waals surface area contributed by atoms with Crippen molar-refractivity contribution in [2.75, 3.05) is 0 Å². The molecule has 4 heteroatoms. The molecule has 0 unspecified atom stereocenters. The summed E-state index contributed by atoms with van der Waals surface area (Å²) in [6.45, 7) is 0. The van der Waals surface area contributed by atoms with E-state index in [1.54, 1.807) is 7.05 Å². The van der Waals surface area contributed by atoms with Crippen LogP contribution in [0.25, 0.3) is 0 Å². The Balaban J connectivity index is 3.12. The smallest absolute Gasteiger partial charge is 0.146 e. The molecule has 0 aromatic carbocycles. The first-order valence-corrected chi connectivity index (χ1v) is 2.18. The topological polar surface area (TPSA) is 30.7 Å². The first-order valence-electron chi connectivity index (χ1n) is 1.81. The molecule has 0 bridgehead atoms. The molecule has 0 aliphatic heterocycles. The van der Waals surface area contributed by atoms with E-state index in [1.165, 1.54) is 10.9 Å². The summed E-state index contributed by atoms with van der Waals surface area (Å²) in [4.78, 5) is 0. The number of aryl methyl sites for hydroxylation is 1. The number of hydrogen-bond acceptors (Lipinski definition) is 2. The number of halogens is 1. The number of nitrogens with zero attached hydrogens (tertiary/aromatic N) is 3. The zero-order valence-corrected chi connectivity index (χ0v) is 4.55. The first kappa shape index (κ1) is 4.59. The van der Waals surface area contributed by atoms with E-state index in [4.69, 9.17) is 11.6 Å². The SMILES string of the molecule is Cn1nncc1Cl. The summed E-state index contributed by atoms with van der Waals surface area (Å²) >= 11 is 5.46. The summed E-state index contributed by atoms with van der Waals surface area (Å²) in [7, 11) is 1.73. The fourth-order valence-corrected chi connectivity index (χ4v) is 0.355. The maximum absolute atomic E-state index is 5.46. The van der Waals surface area contributed by atoms with Gasteiger partial charge >= 0.3 is 0 Å². The third-order valence-electron chi connectivity index (χ3n) is 0.659. The van der Waals surface area contributed by atoms with E-state index in [9.17, 15) is 0 Å². The van der Waals surface area contributed by atoms with Gasteiger partial charge in [-0.15, -0.1) is 5.10 Å². The minimum Gasteiger partial charge on any atom is -0.237 e. The van der Waals surface area contributed by atoms with Crippen molar-refractivity contribution >= 4 is 11.6 Å². The van der Waals surface area contributed by atoms with E-state index < -0.39 is 0 Å². The summed E-state index contributed by atoms with van der Waals surface area (Å²) in [6, 6.07) is 0. The molecule has 0 spiro atoms. The van der Waals surface area contributed by atoms with Gasteiger partial charge < -0.3 is 0 Å². The number of aromatic nitrogens is 3. The molecule has 1 rings (SSSR count). The van der Waals surface area contributed by atoms with E-state index in [0.717, 1.165) is 0 Å². The Bertz CT molecular complexity index is 142. The maximum Gasteiger partial charge on any atom is 0.146 e. The molecule has 0 aliphatic rings. The third-order valence-corrected chi connectivity index (χ3v) is 1.00. The van der Waals surface area contributed by atoms with Crippen LogP contribution in [0.4, 0.5) is 0 Å². The summed E-state index contributed by atoms with van der Waals surface area (Å²) < 4.78 is 1.49. The molecule has 0 saturated carbocycles. The number of hydrogen-bond donors (Lipinski definition) is 0. The molecule has 1 aromatic heterocycles. The fourth-order valence-electron chi connectivity index (χ4n) is 0.277. The van der Waals surface area contributed by atoms with Gasteiger partial charge in [-0.25, -0.2) is 4.68 Å². The second-order valence-electron chi connectivity index (χ2n) is 1.18. The first-order chi connectivity index (χ1) is 3.30. The van der Waals surface area contributed by atoms with Crippen LogP contribution in [0.15, 0.2) is 6.20 Å². The summed E-state index contributed by atoms with van der Waals surface area (Å²) in [5.41, 5.74) is 0. The molecule has 7 heavy (non-hydrogen) atoms. The monoisotopic (exact) mass is 117 g/mol. The van der Waals surface area contributed by atoms with Crippen LogP contribution in [-0.2, 0) is 7.05 Å². The Kier molecular flexibility index (Phi) is 0.982. The van der Waals surface area contributed by atoms with Crippen LogP contribution in [0.2, 0.25) is 5.15 Å². The van der Waals surface area contributed by atoms with Crippen molar-refractivity contribution in [3.63, 3.8) is 0 Å². The molecule has 0 N–H and O–H groups in total. The van der Waals surface area contributed by atoms with Gasteiger partial charge in [0.2, 0.25) is 0 Å². The molecule has 0 radical (unpaired) electrons. The predicted molar refractivity (Wildman–Crippen MR) is 26.0 cm³/mol. The molecule has 0 atom stereocenters. The minimum atomic E-state index is 0.556. The van der Waals surface area contributed by atoms with E-state index in [1.807, 2.05) is 0 Å². The molecule has 3 nitrogen and oxygen atoms in total. The lowest BCUT2D eigenvalue weighted by Gasteiger charge is -1.81. The van der Waals surface area contributed by atoms with Gasteiger partial charge in [0.05, 0.1) is 6.20 Å². The largest absolute Gasteiger partial charge is 0.237 e. The van der Waals surface area contributed by atoms with Crippen LogP contribution in [0, 0.1) is 0 Å². The van der Waals surface area contributed by atoms with Crippen LogP contribution in [-0.4, -0.2) is 15.0 Å². The van der Waals surface area contributed by atoms with Gasteiger partial charge in [0, 0.05) is 7.05 Å². The average molecular weight is 118 g/mol. The van der Waals surface area contributed by atoms with Gasteiger partial charge in [-0.05, 0) is 0 Å². The zero-order valence-electron chi connectivity index (χ0n) is 3.80. The lowest BCUT2D eigenvalue weighted by Crippen LogP contribution is -1.88. The molecule has 0 amide bonds. The van der Waals surface area contributed by atoms with E-state index in [2.05, 4.69) is 10.3 Å². The molecule has 0 fully saturated rings. The van der Waals surface area contributed by atoms with E-state index in [0.29, 0.717) is 5.15 Å². The van der Waals surface area contributed by atoms with Crippen molar-refractivity contribution in [3.8, 4) is 0 Å². The Labute approximate surface area is 45.9 Å². The van der Waals surface area contributed by atoms with Gasteiger partial charge in [-0.1, -0.05) is 16.8 Å². The summed E-state index contributed by atoms with van der Waals surface area (Å²) in [5, 5.41) is 7.61. The average Bonchev–Trinajstić information content (AvgIpc) is 1.91. The molecule has 0 aliphatic carbocycles. The lowest BCUT2D eigenvalue weighted by molar-refractivity contribution is 0.715. The molecular weight excluding hydrogens is 114 g/mol. The molecule has 38 valence electrons. The highest BCUT2D eigenvalue weighted by Gasteiger charge is 1.88. The normalized spacial score (nSPS) is 9.43. The van der Waals surface area contributed by atoms with Crippen molar-refractivity contribution in [1.29, 1.82) is 0 Å². The third kappa shape index (κ3) is 0.718. The maximum atomic E-state index is 5.46. The number of rotatable bonds is 0. The summed E-state index contributed by atoms with van der Waals surface area (Å²) in [6.07, 6.45) is 1.49. The second-order valence-corrected chi connectivity index (χ2v) is 1.57. The van der Waals surface area contributed by atoms with Crippen LogP contribution < -0.4 is 0 Å². The Hall–Kier alpha value is -0.570. The van der Waals surface area contributed by atoms with Gasteiger partial charge in [-0.2, -0.15) is 0 Å². The fraction of sp³-hybridized carbons (Fsp3) is 0.333. The zero-order chi connectivity index (χ0) is 5.28. The Morgan fingerprint density at radius 3 is 2.71 bits per heavy atom. The van der Waals surface area contributed by atoms with Crippen LogP contribution in [0.3, 0.4) is 0 Å². The highest BCUT2D eigenvalue weighted by molar-refractivity contribution is 6.29. The minimum absolute atomic E-state index is 0.556. The Morgan fingerprint density at radius 1 is 1.86 bits per heavy atom. The van der Waals surface area contributed by atoms with Crippen LogP contribution in [0.1, 0.15) is 0 Å². The van der Waals surface area contributed by atoms with Gasteiger partial charge in [0.15, 0.2) is 0 Å². The molecule has 0 saturated heterocycles. The van der Waals surface area contributed by atoms with Crippen molar-refractivity contribution in [3.05, 3.63) is 11.3 Å². The van der Waals surface area contributed by atoms with Gasteiger partial charge in [0.25, 0.3) is 0 Å². The van der Waals surface area contributed by atoms with Crippen molar-refractivity contribution in [2.24, 2.45) is 7.05 Å². The highest BCUT2D eigenvalue weighted by Crippen LogP contribution is 1.99. The lowest BCUT2D eigenvalue weighted by atomic mass is 10.9. The summed E-state index contributed by atoms with van der Waals surface area (Å²) in [5.74, 6) is 0. The van der Waals surface area contributed by atoms with E-state index in [-0.39, 0.29) is 0 Å². The molecule has 1 aromatic rings. The second kappa shape index (κ2) is 1.50. The van der Waals surface area contributed by atoms with Crippen molar-refractivity contribution in [1.82, 2.24) is 15.0 Å². The highest BCUT2D eigenvalue weighted by atomic mass is 35.5. The predicted octanol–water partition coefficient (Wildman–Crippen LogP) is 0.468. The molecular formula is C3H4ClN3.